The summed E-state index contributed by atoms with van der Waals surface area (Å²) in [6.07, 6.45) is 0.124. The maximum Gasteiger partial charge on any atom is 0.307 e. The third kappa shape index (κ3) is 4.16. The van der Waals surface area contributed by atoms with E-state index in [1.807, 2.05) is 42.5 Å². The van der Waals surface area contributed by atoms with Crippen molar-refractivity contribution in [3.8, 4) is 0 Å². The zero-order valence-corrected chi connectivity index (χ0v) is 16.5. The third-order valence-corrected chi connectivity index (χ3v) is 5.71. The molecule has 0 saturated heterocycles. The number of halogens is 1. The summed E-state index contributed by atoms with van der Waals surface area (Å²) in [6.45, 7) is 0.238. The molecule has 0 amide bonds. The Bertz CT molecular complexity index is 1000. The van der Waals surface area contributed by atoms with Gasteiger partial charge in [0.15, 0.2) is 5.16 Å². The molecule has 0 fully saturated rings. The monoisotopic (exact) mass is 432 g/mol. The Morgan fingerprint density at radius 3 is 2.69 bits per heavy atom. The second-order valence-electron chi connectivity index (χ2n) is 5.57. The highest BCUT2D eigenvalue weighted by Crippen LogP contribution is 2.26. The SMILES string of the molecule is COC(=O)CCn1c(SCc2ccccc2Br)nc2ccccc2c1=O. The second kappa shape index (κ2) is 8.51. The fourth-order valence-electron chi connectivity index (χ4n) is 2.52. The van der Waals surface area contributed by atoms with E-state index in [1.54, 1.807) is 10.6 Å². The molecule has 2 aromatic carbocycles. The minimum absolute atomic E-state index is 0.124. The number of carbonyl (C=O) groups excluding carboxylic acids is 1. The number of hydrogen-bond donors (Lipinski definition) is 0. The van der Waals surface area contributed by atoms with E-state index < -0.39 is 0 Å². The molecule has 0 aliphatic carbocycles. The Morgan fingerprint density at radius 2 is 1.92 bits per heavy atom. The van der Waals surface area contributed by atoms with Gasteiger partial charge >= 0.3 is 5.97 Å². The number of fused-ring (bicyclic) bond motifs is 1. The fraction of sp³-hybridized carbons (Fsp3) is 0.211. The van der Waals surface area contributed by atoms with E-state index in [-0.39, 0.29) is 24.5 Å². The Kier molecular flexibility index (Phi) is 6.11. The number of carbonyl (C=O) groups is 1. The van der Waals surface area contributed by atoms with Crippen molar-refractivity contribution in [3.63, 3.8) is 0 Å². The second-order valence-corrected chi connectivity index (χ2v) is 7.37. The van der Waals surface area contributed by atoms with Gasteiger partial charge in [-0.3, -0.25) is 14.2 Å². The van der Waals surface area contributed by atoms with Crippen LogP contribution in [0.3, 0.4) is 0 Å². The summed E-state index contributed by atoms with van der Waals surface area (Å²) < 4.78 is 7.26. The van der Waals surface area contributed by atoms with E-state index in [9.17, 15) is 9.59 Å². The smallest absolute Gasteiger partial charge is 0.307 e. The molecule has 1 heterocycles. The van der Waals surface area contributed by atoms with E-state index in [0.717, 1.165) is 10.0 Å². The normalized spacial score (nSPS) is 10.8. The largest absolute Gasteiger partial charge is 0.469 e. The first kappa shape index (κ1) is 18.7. The molecule has 0 radical (unpaired) electrons. The van der Waals surface area contributed by atoms with Crippen LogP contribution in [-0.4, -0.2) is 22.6 Å². The first-order valence-corrected chi connectivity index (χ1v) is 9.80. The summed E-state index contributed by atoms with van der Waals surface area (Å²) in [6, 6.07) is 15.2. The van der Waals surface area contributed by atoms with E-state index in [4.69, 9.17) is 4.74 Å². The number of thioether (sulfide) groups is 1. The van der Waals surface area contributed by atoms with Gasteiger partial charge < -0.3 is 4.74 Å². The van der Waals surface area contributed by atoms with Crippen molar-refractivity contribution in [1.82, 2.24) is 9.55 Å². The minimum atomic E-state index is -0.355. The zero-order chi connectivity index (χ0) is 18.5. The summed E-state index contributed by atoms with van der Waals surface area (Å²) in [5, 5.41) is 1.14. The molecule has 7 heteroatoms. The van der Waals surface area contributed by atoms with Crippen molar-refractivity contribution in [2.24, 2.45) is 0 Å². The van der Waals surface area contributed by atoms with Crippen LogP contribution in [0.25, 0.3) is 10.9 Å². The molecule has 5 nitrogen and oxygen atoms in total. The summed E-state index contributed by atoms with van der Waals surface area (Å²) in [7, 11) is 1.34. The van der Waals surface area contributed by atoms with Crippen LogP contribution in [-0.2, 0) is 21.8 Å². The summed E-state index contributed by atoms with van der Waals surface area (Å²) in [5.41, 5.74) is 1.62. The van der Waals surface area contributed by atoms with Crippen molar-refractivity contribution >= 4 is 44.6 Å². The fourth-order valence-corrected chi connectivity index (χ4v) is 4.16. The van der Waals surface area contributed by atoms with Gasteiger partial charge in [0.1, 0.15) is 0 Å². The van der Waals surface area contributed by atoms with Crippen LogP contribution >= 0.6 is 27.7 Å². The van der Waals surface area contributed by atoms with Gasteiger partial charge in [-0.2, -0.15) is 0 Å². The number of hydrogen-bond acceptors (Lipinski definition) is 5. The number of nitrogens with zero attached hydrogens (tertiary/aromatic N) is 2. The number of para-hydroxylation sites is 1. The molecule has 0 bridgehead atoms. The van der Waals surface area contributed by atoms with Gasteiger partial charge in [0, 0.05) is 16.8 Å². The van der Waals surface area contributed by atoms with Crippen molar-refractivity contribution in [3.05, 3.63) is 68.9 Å². The number of ether oxygens (including phenoxy) is 1. The van der Waals surface area contributed by atoms with E-state index >= 15 is 0 Å². The molecule has 3 rings (SSSR count). The van der Waals surface area contributed by atoms with Crippen LogP contribution < -0.4 is 5.56 Å². The molecule has 0 unspecified atom stereocenters. The van der Waals surface area contributed by atoms with Crippen molar-refractivity contribution in [1.29, 1.82) is 0 Å². The number of esters is 1. The molecular formula is C19H17BrN2O3S. The number of rotatable bonds is 6. The van der Waals surface area contributed by atoms with Crippen LogP contribution in [0.1, 0.15) is 12.0 Å². The molecule has 26 heavy (non-hydrogen) atoms. The van der Waals surface area contributed by atoms with Crippen LogP contribution in [0.4, 0.5) is 0 Å². The molecule has 1 aromatic heterocycles. The molecule has 0 aliphatic heterocycles. The molecular weight excluding hydrogens is 416 g/mol. The highest BCUT2D eigenvalue weighted by atomic mass is 79.9. The van der Waals surface area contributed by atoms with Gasteiger partial charge in [-0.15, -0.1) is 0 Å². The van der Waals surface area contributed by atoms with E-state index in [0.29, 0.717) is 21.8 Å². The lowest BCUT2D eigenvalue weighted by Crippen LogP contribution is -2.24. The molecule has 3 aromatic rings. The lowest BCUT2D eigenvalue weighted by molar-refractivity contribution is -0.140. The quantitative estimate of drug-likeness (QED) is 0.334. The Labute approximate surface area is 163 Å². The molecule has 134 valence electrons. The Balaban J connectivity index is 1.97. The van der Waals surface area contributed by atoms with Crippen LogP contribution in [0, 0.1) is 0 Å². The molecule has 0 aliphatic rings. The maximum atomic E-state index is 12.9. The minimum Gasteiger partial charge on any atom is -0.469 e. The number of benzene rings is 2. The molecule has 0 N–H and O–H groups in total. The molecule has 0 spiro atoms. The predicted octanol–water partition coefficient (Wildman–Crippen LogP) is 4.01. The summed E-state index contributed by atoms with van der Waals surface area (Å²) in [5.74, 6) is 0.302. The Morgan fingerprint density at radius 1 is 1.19 bits per heavy atom. The lowest BCUT2D eigenvalue weighted by atomic mass is 10.2. The number of aromatic nitrogens is 2. The van der Waals surface area contributed by atoms with E-state index in [2.05, 4.69) is 20.9 Å². The standard InChI is InChI=1S/C19H17BrN2O3S/c1-25-17(23)10-11-22-18(24)14-7-3-5-9-16(14)21-19(22)26-12-13-6-2-4-8-15(13)20/h2-9H,10-12H2,1H3. The van der Waals surface area contributed by atoms with Gasteiger partial charge in [0.05, 0.1) is 24.4 Å². The van der Waals surface area contributed by atoms with Crippen molar-refractivity contribution < 1.29 is 9.53 Å². The topological polar surface area (TPSA) is 61.2 Å². The third-order valence-electron chi connectivity index (χ3n) is 3.91. The highest BCUT2D eigenvalue weighted by molar-refractivity contribution is 9.10. The highest BCUT2D eigenvalue weighted by Gasteiger charge is 2.13. The predicted molar refractivity (Wildman–Crippen MR) is 106 cm³/mol. The van der Waals surface area contributed by atoms with Crippen LogP contribution in [0.2, 0.25) is 0 Å². The summed E-state index contributed by atoms with van der Waals surface area (Å²) in [4.78, 5) is 29.0. The lowest BCUT2D eigenvalue weighted by Gasteiger charge is -2.13. The zero-order valence-electron chi connectivity index (χ0n) is 14.1. The van der Waals surface area contributed by atoms with E-state index in [1.165, 1.54) is 18.9 Å². The van der Waals surface area contributed by atoms with Crippen molar-refractivity contribution in [2.75, 3.05) is 7.11 Å². The first-order valence-electron chi connectivity index (χ1n) is 8.02. The molecule has 0 saturated carbocycles. The van der Waals surface area contributed by atoms with Gasteiger partial charge in [-0.1, -0.05) is 58.0 Å². The van der Waals surface area contributed by atoms with Crippen LogP contribution in [0.5, 0.6) is 0 Å². The van der Waals surface area contributed by atoms with Gasteiger partial charge in [-0.25, -0.2) is 4.98 Å². The summed E-state index contributed by atoms with van der Waals surface area (Å²) >= 11 is 5.01. The maximum absolute atomic E-state index is 12.9. The Hall–Kier alpha value is -2.12. The van der Waals surface area contributed by atoms with Gasteiger partial charge in [0.25, 0.3) is 5.56 Å². The van der Waals surface area contributed by atoms with Gasteiger partial charge in [-0.05, 0) is 23.8 Å². The average molecular weight is 433 g/mol. The van der Waals surface area contributed by atoms with Crippen LogP contribution in [0.15, 0.2) is 63.0 Å². The number of methoxy groups -OCH3 is 1. The molecule has 0 atom stereocenters. The van der Waals surface area contributed by atoms with Crippen molar-refractivity contribution in [2.45, 2.75) is 23.9 Å². The van der Waals surface area contributed by atoms with Gasteiger partial charge in [0.2, 0.25) is 0 Å². The first-order chi connectivity index (χ1) is 12.6. The average Bonchev–Trinajstić information content (AvgIpc) is 2.66.